The standard InChI is InChI=1S/C15H18N2OS/c1-10-14(19-15(17-10)6-7-16)9-12-4-3-5-13(8-12)11(2)18/h3-5,8H,6-7,9,16H2,1-2H3. The van der Waals surface area contributed by atoms with Crippen LogP contribution < -0.4 is 5.73 Å². The highest BCUT2D eigenvalue weighted by atomic mass is 32.1. The summed E-state index contributed by atoms with van der Waals surface area (Å²) in [7, 11) is 0. The molecule has 0 bridgehead atoms. The molecule has 0 unspecified atom stereocenters. The number of hydrogen-bond acceptors (Lipinski definition) is 4. The number of rotatable bonds is 5. The van der Waals surface area contributed by atoms with Gasteiger partial charge in [-0.15, -0.1) is 11.3 Å². The fraction of sp³-hybridized carbons (Fsp3) is 0.333. The zero-order chi connectivity index (χ0) is 13.8. The van der Waals surface area contributed by atoms with Crippen molar-refractivity contribution in [3.8, 4) is 0 Å². The van der Waals surface area contributed by atoms with E-state index in [1.165, 1.54) is 4.88 Å². The number of benzene rings is 1. The number of aromatic nitrogens is 1. The van der Waals surface area contributed by atoms with Gasteiger partial charge in [-0.3, -0.25) is 4.79 Å². The van der Waals surface area contributed by atoms with Gasteiger partial charge in [0.2, 0.25) is 0 Å². The Morgan fingerprint density at radius 1 is 1.42 bits per heavy atom. The van der Waals surface area contributed by atoms with Crippen LogP contribution >= 0.6 is 11.3 Å². The van der Waals surface area contributed by atoms with Crippen molar-refractivity contribution in [2.75, 3.05) is 6.54 Å². The quantitative estimate of drug-likeness (QED) is 0.853. The SMILES string of the molecule is CC(=O)c1cccc(Cc2sc(CCN)nc2C)c1. The van der Waals surface area contributed by atoms with Gasteiger partial charge in [0.15, 0.2) is 5.78 Å². The monoisotopic (exact) mass is 274 g/mol. The molecule has 100 valence electrons. The molecule has 1 aromatic carbocycles. The second kappa shape index (κ2) is 6.08. The van der Waals surface area contributed by atoms with Crippen molar-refractivity contribution in [3.05, 3.63) is 51.0 Å². The summed E-state index contributed by atoms with van der Waals surface area (Å²) in [6, 6.07) is 7.80. The first-order valence-electron chi connectivity index (χ1n) is 6.35. The Morgan fingerprint density at radius 2 is 2.21 bits per heavy atom. The molecule has 1 heterocycles. The van der Waals surface area contributed by atoms with Crippen LogP contribution in [0.1, 0.15) is 38.4 Å². The van der Waals surface area contributed by atoms with Crippen LogP contribution in [-0.2, 0) is 12.8 Å². The lowest BCUT2D eigenvalue weighted by molar-refractivity contribution is 0.101. The summed E-state index contributed by atoms with van der Waals surface area (Å²) in [5.41, 5.74) is 8.54. The molecule has 0 aliphatic rings. The second-order valence-corrected chi connectivity index (χ2v) is 5.76. The third kappa shape index (κ3) is 3.49. The lowest BCUT2D eigenvalue weighted by Crippen LogP contribution is -2.01. The fourth-order valence-electron chi connectivity index (χ4n) is 1.97. The molecule has 1 aromatic heterocycles. The summed E-state index contributed by atoms with van der Waals surface area (Å²) in [5, 5.41) is 1.10. The molecule has 2 rings (SSSR count). The van der Waals surface area contributed by atoms with Crippen molar-refractivity contribution in [2.24, 2.45) is 5.73 Å². The first-order valence-corrected chi connectivity index (χ1v) is 7.17. The van der Waals surface area contributed by atoms with Crippen LogP contribution in [0.3, 0.4) is 0 Å². The van der Waals surface area contributed by atoms with E-state index in [9.17, 15) is 4.79 Å². The van der Waals surface area contributed by atoms with Gasteiger partial charge in [-0.25, -0.2) is 4.98 Å². The van der Waals surface area contributed by atoms with E-state index < -0.39 is 0 Å². The van der Waals surface area contributed by atoms with E-state index in [1.807, 2.05) is 31.2 Å². The summed E-state index contributed by atoms with van der Waals surface area (Å²) >= 11 is 1.72. The lowest BCUT2D eigenvalue weighted by atomic mass is 10.0. The number of carbonyl (C=O) groups excluding carboxylic acids is 1. The summed E-state index contributed by atoms with van der Waals surface area (Å²) in [5.74, 6) is 0.103. The van der Waals surface area contributed by atoms with Gasteiger partial charge in [0.1, 0.15) is 0 Å². The summed E-state index contributed by atoms with van der Waals surface area (Å²) in [6.45, 7) is 4.25. The van der Waals surface area contributed by atoms with Crippen LogP contribution in [0.15, 0.2) is 24.3 Å². The Bertz CT molecular complexity index is 590. The number of carbonyl (C=O) groups is 1. The van der Waals surface area contributed by atoms with Gasteiger partial charge in [0.05, 0.1) is 10.7 Å². The zero-order valence-electron chi connectivity index (χ0n) is 11.3. The van der Waals surface area contributed by atoms with Crippen LogP contribution in [0.5, 0.6) is 0 Å². The number of nitrogens with two attached hydrogens (primary N) is 1. The number of hydrogen-bond donors (Lipinski definition) is 1. The Balaban J connectivity index is 2.21. The molecule has 2 aromatic rings. The predicted molar refractivity (Wildman–Crippen MR) is 78.9 cm³/mol. The third-order valence-corrected chi connectivity index (χ3v) is 4.21. The molecule has 0 spiro atoms. The molecular formula is C15H18N2OS. The zero-order valence-corrected chi connectivity index (χ0v) is 12.1. The largest absolute Gasteiger partial charge is 0.330 e. The van der Waals surface area contributed by atoms with Gasteiger partial charge in [-0.2, -0.15) is 0 Å². The minimum absolute atomic E-state index is 0.103. The molecule has 0 radical (unpaired) electrons. The lowest BCUT2D eigenvalue weighted by Gasteiger charge is -2.02. The topological polar surface area (TPSA) is 56.0 Å². The summed E-state index contributed by atoms with van der Waals surface area (Å²) in [4.78, 5) is 17.2. The third-order valence-electron chi connectivity index (χ3n) is 2.99. The maximum atomic E-state index is 11.4. The molecule has 4 heteroatoms. The van der Waals surface area contributed by atoms with Crippen molar-refractivity contribution in [3.63, 3.8) is 0 Å². The minimum atomic E-state index is 0.103. The van der Waals surface area contributed by atoms with Gasteiger partial charge >= 0.3 is 0 Å². The number of aryl methyl sites for hydroxylation is 1. The van der Waals surface area contributed by atoms with Crippen LogP contribution in [-0.4, -0.2) is 17.3 Å². The molecule has 0 saturated heterocycles. The highest BCUT2D eigenvalue weighted by Gasteiger charge is 2.09. The minimum Gasteiger partial charge on any atom is -0.330 e. The Labute approximate surface area is 117 Å². The Hall–Kier alpha value is -1.52. The van der Waals surface area contributed by atoms with Crippen molar-refractivity contribution >= 4 is 17.1 Å². The highest BCUT2D eigenvalue weighted by molar-refractivity contribution is 7.11. The maximum Gasteiger partial charge on any atom is 0.159 e. The van der Waals surface area contributed by atoms with Crippen LogP contribution in [0.25, 0.3) is 0 Å². The molecule has 19 heavy (non-hydrogen) atoms. The Morgan fingerprint density at radius 3 is 2.89 bits per heavy atom. The van der Waals surface area contributed by atoms with Gasteiger partial charge in [0.25, 0.3) is 0 Å². The van der Waals surface area contributed by atoms with E-state index in [2.05, 4.69) is 4.98 Å². The van der Waals surface area contributed by atoms with Crippen molar-refractivity contribution in [1.29, 1.82) is 0 Å². The average molecular weight is 274 g/mol. The number of Topliss-reactive ketones (excluding diaryl/α,β-unsaturated/α-hetero) is 1. The van der Waals surface area contributed by atoms with Crippen LogP contribution in [0, 0.1) is 6.92 Å². The van der Waals surface area contributed by atoms with E-state index in [4.69, 9.17) is 5.73 Å². The van der Waals surface area contributed by atoms with E-state index >= 15 is 0 Å². The van der Waals surface area contributed by atoms with Crippen molar-refractivity contribution in [1.82, 2.24) is 4.98 Å². The number of thiazole rings is 1. The normalized spacial score (nSPS) is 10.7. The maximum absolute atomic E-state index is 11.4. The van der Waals surface area contributed by atoms with E-state index in [-0.39, 0.29) is 5.78 Å². The van der Waals surface area contributed by atoms with E-state index in [0.29, 0.717) is 6.54 Å². The molecule has 0 saturated carbocycles. The van der Waals surface area contributed by atoms with Gasteiger partial charge in [0, 0.05) is 23.3 Å². The van der Waals surface area contributed by atoms with Gasteiger partial charge in [-0.1, -0.05) is 18.2 Å². The molecular weight excluding hydrogens is 256 g/mol. The number of nitrogens with zero attached hydrogens (tertiary/aromatic N) is 1. The summed E-state index contributed by atoms with van der Waals surface area (Å²) < 4.78 is 0. The van der Waals surface area contributed by atoms with E-state index in [0.717, 1.165) is 34.7 Å². The average Bonchev–Trinajstić information content (AvgIpc) is 2.70. The number of ketones is 1. The van der Waals surface area contributed by atoms with Gasteiger partial charge < -0.3 is 5.73 Å². The van der Waals surface area contributed by atoms with Crippen molar-refractivity contribution < 1.29 is 4.79 Å². The molecule has 2 N–H and O–H groups in total. The molecule has 3 nitrogen and oxygen atoms in total. The van der Waals surface area contributed by atoms with Crippen molar-refractivity contribution in [2.45, 2.75) is 26.7 Å². The highest BCUT2D eigenvalue weighted by Crippen LogP contribution is 2.22. The Kier molecular flexibility index (Phi) is 4.45. The first kappa shape index (κ1) is 13.9. The first-order chi connectivity index (χ1) is 9.10. The fourth-order valence-corrected chi connectivity index (χ4v) is 3.09. The molecule has 0 fully saturated rings. The summed E-state index contributed by atoms with van der Waals surface area (Å²) in [6.07, 6.45) is 1.66. The van der Waals surface area contributed by atoms with Crippen LogP contribution in [0.2, 0.25) is 0 Å². The second-order valence-electron chi connectivity index (χ2n) is 4.59. The molecule has 0 atom stereocenters. The smallest absolute Gasteiger partial charge is 0.159 e. The van der Waals surface area contributed by atoms with Crippen LogP contribution in [0.4, 0.5) is 0 Å². The van der Waals surface area contributed by atoms with E-state index in [1.54, 1.807) is 18.3 Å². The predicted octanol–water partition coefficient (Wildman–Crippen LogP) is 2.75. The molecule has 0 aliphatic heterocycles. The van der Waals surface area contributed by atoms with Gasteiger partial charge in [-0.05, 0) is 32.0 Å². The molecule has 0 aliphatic carbocycles. The molecule has 0 amide bonds.